The molecule has 0 saturated carbocycles. The predicted octanol–water partition coefficient (Wildman–Crippen LogP) is 14.8. The van der Waals surface area contributed by atoms with Gasteiger partial charge < -0.3 is 18.9 Å². The summed E-state index contributed by atoms with van der Waals surface area (Å²) in [5, 5.41) is 4.86. The number of hydrogen-bond acceptors (Lipinski definition) is 6. The van der Waals surface area contributed by atoms with Crippen LogP contribution in [0.1, 0.15) is 0 Å². The maximum Gasteiger partial charge on any atom is 0.277 e. The quantitative estimate of drug-likeness (QED) is 0.141. The minimum absolute atomic E-state index is 0.297. The SMILES string of the molecule is c1ccc(N(c2ccccc2)c2cc3c4c(c2)-n2c5ccccc5c5cccc(c52)B4c2nc4c(nc2N3c2ccccc2)N(c2ccccc2)c2cc(N(c3ccccc3)c3ccccc3)cc3c2B4c2cccc4c5ccccc5n-3c24)cc1. The van der Waals surface area contributed by atoms with E-state index in [0.717, 1.165) is 102 Å². The molecule has 4 aliphatic heterocycles. The minimum Gasteiger partial charge on any atom is -0.310 e. The first-order valence-corrected chi connectivity index (χ1v) is 29.6. The average molecular weight is 1090 g/mol. The Kier molecular flexibility index (Phi) is 9.91. The van der Waals surface area contributed by atoms with Gasteiger partial charge in [0.15, 0.2) is 11.6 Å². The van der Waals surface area contributed by atoms with Crippen molar-refractivity contribution >= 4 is 159 Å². The summed E-state index contributed by atoms with van der Waals surface area (Å²) in [7, 11) is 0. The first-order chi connectivity index (χ1) is 42.7. The van der Waals surface area contributed by atoms with E-state index in [0.29, 0.717) is 0 Å². The van der Waals surface area contributed by atoms with E-state index < -0.39 is 0 Å². The third-order valence-electron chi connectivity index (χ3n) is 18.3. The van der Waals surface area contributed by atoms with Crippen LogP contribution in [0.2, 0.25) is 0 Å². The molecule has 4 aliphatic rings. The maximum atomic E-state index is 6.41. The Morgan fingerprint density at radius 3 is 0.988 bits per heavy atom. The van der Waals surface area contributed by atoms with Crippen molar-refractivity contribution in [2.75, 3.05) is 19.6 Å². The summed E-state index contributed by atoms with van der Waals surface area (Å²) < 4.78 is 5.08. The average Bonchev–Trinajstić information content (AvgIpc) is 1.24. The Labute approximate surface area is 497 Å². The molecule has 12 aromatic carbocycles. The van der Waals surface area contributed by atoms with Crippen LogP contribution in [0, 0.1) is 0 Å². The third-order valence-corrected chi connectivity index (χ3v) is 18.3. The number of benzene rings is 12. The molecule has 0 unspecified atom stereocenters. The van der Waals surface area contributed by atoms with Gasteiger partial charge in [-0.2, -0.15) is 0 Å². The fourth-order valence-corrected chi connectivity index (χ4v) is 15.0. The van der Waals surface area contributed by atoms with Gasteiger partial charge in [0.05, 0.1) is 33.6 Å². The number of hydrogen-bond donors (Lipinski definition) is 0. The van der Waals surface area contributed by atoms with Gasteiger partial charge in [-0.1, -0.05) is 182 Å². The Bertz CT molecular complexity index is 4860. The lowest BCUT2D eigenvalue weighted by atomic mass is 9.34. The lowest BCUT2D eigenvalue weighted by Gasteiger charge is -2.43. The molecular formula is C76H48B2N8. The molecule has 3 aromatic heterocycles. The van der Waals surface area contributed by atoms with Crippen molar-refractivity contribution in [2.45, 2.75) is 0 Å². The fourth-order valence-electron chi connectivity index (χ4n) is 15.0. The van der Waals surface area contributed by atoms with Crippen molar-refractivity contribution in [3.8, 4) is 11.4 Å². The molecule has 0 atom stereocenters. The number of para-hydroxylation sites is 10. The van der Waals surface area contributed by atoms with Crippen molar-refractivity contribution in [1.29, 1.82) is 0 Å². The lowest BCUT2D eigenvalue weighted by molar-refractivity contribution is 1.10. The Hall–Kier alpha value is -11.4. The zero-order valence-electron chi connectivity index (χ0n) is 46.4. The van der Waals surface area contributed by atoms with E-state index >= 15 is 0 Å². The highest BCUT2D eigenvalue weighted by Crippen LogP contribution is 2.49. The topological polar surface area (TPSA) is 48.6 Å². The van der Waals surface area contributed by atoms with E-state index in [9.17, 15) is 0 Å². The second-order valence-corrected chi connectivity index (χ2v) is 22.8. The summed E-state index contributed by atoms with van der Waals surface area (Å²) in [6.07, 6.45) is 0. The molecule has 0 amide bonds. The van der Waals surface area contributed by atoms with Crippen molar-refractivity contribution < 1.29 is 0 Å². The van der Waals surface area contributed by atoms with Gasteiger partial charge in [0.2, 0.25) is 0 Å². The summed E-state index contributed by atoms with van der Waals surface area (Å²) in [6, 6.07) is 106. The van der Waals surface area contributed by atoms with Crippen LogP contribution in [0.5, 0.6) is 0 Å². The molecule has 0 spiro atoms. The lowest BCUT2D eigenvalue weighted by Crippen LogP contribution is -2.67. The van der Waals surface area contributed by atoms with Crippen molar-refractivity contribution in [2.24, 2.45) is 0 Å². The third kappa shape index (κ3) is 6.55. The van der Waals surface area contributed by atoms with Crippen molar-refractivity contribution in [3.63, 3.8) is 0 Å². The van der Waals surface area contributed by atoms with Crippen LogP contribution in [0.15, 0.2) is 291 Å². The summed E-state index contributed by atoms with van der Waals surface area (Å²) in [6.45, 7) is -0.595. The molecule has 0 bridgehead atoms. The van der Waals surface area contributed by atoms with E-state index in [4.69, 9.17) is 9.97 Å². The molecule has 0 aliphatic carbocycles. The summed E-state index contributed by atoms with van der Waals surface area (Å²) >= 11 is 0. The molecule has 398 valence electrons. The van der Waals surface area contributed by atoms with Crippen LogP contribution in [-0.4, -0.2) is 32.5 Å². The molecule has 7 heterocycles. The zero-order valence-corrected chi connectivity index (χ0v) is 46.4. The van der Waals surface area contributed by atoms with E-state index in [-0.39, 0.29) is 13.4 Å². The standard InChI is InChI=1S/C76H48B2N8/c1-7-25-49(26-8-1)81(50-27-9-2-10-28-50)55-45-65-69-67(47-55)85-63-43-21-19-37-57(63)59-39-23-41-61(71(59)85)77(69)73-75(83(65)53-33-15-5-16-34-53)80-76-74(79-73)78-62-42-24-40-60-58-38-20-22-44-64(58)86(72(60)62)68-48-56(46-66(70(68)78)84(76)54-35-17-6-18-36-54)82(51-29-11-3-12-30-51)52-31-13-4-14-32-52/h1-48H. The van der Waals surface area contributed by atoms with E-state index in [1.165, 1.54) is 54.4 Å². The van der Waals surface area contributed by atoms with Crippen molar-refractivity contribution in [1.82, 2.24) is 19.1 Å². The monoisotopic (exact) mass is 1090 g/mol. The summed E-state index contributed by atoms with van der Waals surface area (Å²) in [4.78, 5) is 22.4. The van der Waals surface area contributed by atoms with Crippen molar-refractivity contribution in [3.05, 3.63) is 291 Å². The molecule has 19 rings (SSSR count). The molecular weight excluding hydrogens is 1050 g/mol. The van der Waals surface area contributed by atoms with E-state index in [1.54, 1.807) is 0 Å². The first-order valence-electron chi connectivity index (χ1n) is 29.6. The van der Waals surface area contributed by atoms with Crippen LogP contribution < -0.4 is 52.6 Å². The minimum atomic E-state index is -0.297. The number of rotatable bonds is 8. The number of aromatic nitrogens is 4. The molecule has 0 radical (unpaired) electrons. The highest BCUT2D eigenvalue weighted by atomic mass is 15.3. The second-order valence-electron chi connectivity index (χ2n) is 22.8. The van der Waals surface area contributed by atoms with Gasteiger partial charge >= 0.3 is 0 Å². The van der Waals surface area contributed by atoms with E-state index in [2.05, 4.69) is 320 Å². The predicted molar refractivity (Wildman–Crippen MR) is 359 cm³/mol. The first kappa shape index (κ1) is 47.2. The van der Waals surface area contributed by atoms with Crippen LogP contribution >= 0.6 is 0 Å². The normalized spacial score (nSPS) is 13.0. The summed E-state index contributed by atoms with van der Waals surface area (Å²) in [5.41, 5.74) is 24.0. The second kappa shape index (κ2) is 18.1. The number of fused-ring (bicyclic) bond motifs is 14. The molecule has 15 aromatic rings. The maximum absolute atomic E-state index is 6.41. The van der Waals surface area contributed by atoms with Gasteiger partial charge in [-0.25, -0.2) is 4.98 Å². The van der Waals surface area contributed by atoms with Crippen LogP contribution in [0.25, 0.3) is 55.0 Å². The van der Waals surface area contributed by atoms with E-state index in [1.807, 2.05) is 0 Å². The Morgan fingerprint density at radius 2 is 0.605 bits per heavy atom. The molecule has 0 N–H and O–H groups in total. The fraction of sp³-hybridized carbons (Fsp3) is 0. The highest BCUT2D eigenvalue weighted by molar-refractivity contribution is 7.02. The smallest absolute Gasteiger partial charge is 0.277 e. The zero-order chi connectivity index (χ0) is 56.1. The van der Waals surface area contributed by atoms with Gasteiger partial charge in [0, 0.05) is 89.5 Å². The number of nitrogens with zero attached hydrogens (tertiary/aromatic N) is 8. The van der Waals surface area contributed by atoms with Crippen LogP contribution in [0.4, 0.5) is 68.5 Å². The highest BCUT2D eigenvalue weighted by Gasteiger charge is 2.50. The van der Waals surface area contributed by atoms with Gasteiger partial charge in [0.1, 0.15) is 0 Å². The molecule has 0 fully saturated rings. The van der Waals surface area contributed by atoms with Gasteiger partial charge in [0.25, 0.3) is 13.4 Å². The molecule has 10 heteroatoms. The molecule has 86 heavy (non-hydrogen) atoms. The number of anilines is 12. The van der Waals surface area contributed by atoms with Crippen LogP contribution in [-0.2, 0) is 0 Å². The van der Waals surface area contributed by atoms with Gasteiger partial charge in [-0.15, -0.1) is 0 Å². The summed E-state index contributed by atoms with van der Waals surface area (Å²) in [5.74, 6) is 1.59. The largest absolute Gasteiger partial charge is 0.310 e. The Morgan fingerprint density at radius 1 is 0.279 bits per heavy atom. The van der Waals surface area contributed by atoms with Crippen LogP contribution in [0.3, 0.4) is 0 Å². The molecule has 0 saturated heterocycles. The molecule has 8 nitrogen and oxygen atoms in total. The van der Waals surface area contributed by atoms with Gasteiger partial charge in [-0.05, 0) is 131 Å². The Balaban J connectivity index is 0.961. The van der Waals surface area contributed by atoms with Gasteiger partial charge in [-0.3, -0.25) is 14.8 Å².